The number of alkyl halides is 6. The summed E-state index contributed by atoms with van der Waals surface area (Å²) in [6.45, 7) is 4.50. The number of hydrogen-bond donors (Lipinski definition) is 0. The van der Waals surface area contributed by atoms with Crippen molar-refractivity contribution < 1.29 is 64.5 Å². The lowest BCUT2D eigenvalue weighted by molar-refractivity contribution is -0.203. The minimum Gasteiger partial charge on any atom is -0.457 e. The van der Waals surface area contributed by atoms with Crippen molar-refractivity contribution in [3.63, 3.8) is 0 Å². The second-order valence-electron chi connectivity index (χ2n) is 7.04. The summed E-state index contributed by atoms with van der Waals surface area (Å²) in [7, 11) is 0. The van der Waals surface area contributed by atoms with Crippen LogP contribution in [-0.4, -0.2) is 67.1 Å². The fourth-order valence-corrected chi connectivity index (χ4v) is 1.86. The number of hydrogen-bond acceptors (Lipinski definition) is 8. The molecule has 0 aliphatic rings. The van der Waals surface area contributed by atoms with Gasteiger partial charge in [0.1, 0.15) is 13.2 Å². The third kappa shape index (κ3) is 9.21. The van der Waals surface area contributed by atoms with E-state index in [-0.39, 0.29) is 5.57 Å². The molecule has 0 amide bonds. The molecule has 0 rings (SSSR count). The predicted molar refractivity (Wildman–Crippen MR) is 102 cm³/mol. The summed E-state index contributed by atoms with van der Waals surface area (Å²) in [5, 5.41) is 0. The molecule has 2 atom stereocenters. The Hall–Kier alpha value is -2.80. The van der Waals surface area contributed by atoms with E-state index in [1.165, 1.54) is 0 Å². The van der Waals surface area contributed by atoms with Gasteiger partial charge in [-0.2, -0.15) is 26.3 Å². The van der Waals surface area contributed by atoms with Crippen LogP contribution in [0.1, 0.15) is 47.0 Å². The number of esters is 4. The van der Waals surface area contributed by atoms with Crippen LogP contribution in [-0.2, 0) is 38.1 Å². The van der Waals surface area contributed by atoms with Gasteiger partial charge in [0.2, 0.25) is 0 Å². The van der Waals surface area contributed by atoms with E-state index in [9.17, 15) is 45.5 Å². The Balaban J connectivity index is 5.99. The zero-order valence-corrected chi connectivity index (χ0v) is 18.9. The summed E-state index contributed by atoms with van der Waals surface area (Å²) in [6, 6.07) is 0. The van der Waals surface area contributed by atoms with E-state index in [1.54, 1.807) is 0 Å². The zero-order valence-electron chi connectivity index (χ0n) is 18.9. The molecule has 0 N–H and O–H groups in total. The van der Waals surface area contributed by atoms with Crippen molar-refractivity contribution >= 4 is 23.9 Å². The van der Waals surface area contributed by atoms with Gasteiger partial charge < -0.3 is 18.9 Å². The molecule has 0 aliphatic carbocycles. The number of rotatable bonds is 14. The van der Waals surface area contributed by atoms with Gasteiger partial charge in [0.15, 0.2) is 12.2 Å². The summed E-state index contributed by atoms with van der Waals surface area (Å²) < 4.78 is 99.3. The van der Waals surface area contributed by atoms with Gasteiger partial charge in [-0.1, -0.05) is 27.4 Å². The molecule has 0 spiro atoms. The molecule has 0 heterocycles. The van der Waals surface area contributed by atoms with Crippen LogP contribution < -0.4 is 0 Å². The summed E-state index contributed by atoms with van der Waals surface area (Å²) in [4.78, 5) is 46.9. The van der Waals surface area contributed by atoms with Crippen molar-refractivity contribution in [1.82, 2.24) is 0 Å². The van der Waals surface area contributed by atoms with Crippen molar-refractivity contribution in [3.8, 4) is 0 Å². The molecule has 14 heteroatoms. The van der Waals surface area contributed by atoms with Crippen LogP contribution in [0.25, 0.3) is 0 Å². The lowest BCUT2D eigenvalue weighted by Gasteiger charge is -2.28. The van der Waals surface area contributed by atoms with Crippen molar-refractivity contribution in [2.75, 3.05) is 13.2 Å². The highest BCUT2D eigenvalue weighted by molar-refractivity contribution is 5.87. The molecule has 0 aromatic rings. The fraction of sp³-hybridized carbons (Fsp3) is 0.700. The van der Waals surface area contributed by atoms with E-state index in [4.69, 9.17) is 4.74 Å². The Kier molecular flexibility index (Phi) is 11.6. The highest BCUT2D eigenvalue weighted by atomic mass is 19.3. The Morgan fingerprint density at radius 2 is 1.00 bits per heavy atom. The molecular weight excluding hydrogens is 482 g/mol. The molecule has 0 aromatic carbocycles. The normalized spacial score (nSPS) is 13.9. The molecule has 0 bridgehead atoms. The highest BCUT2D eigenvalue weighted by Crippen LogP contribution is 2.25. The summed E-state index contributed by atoms with van der Waals surface area (Å²) in [5.41, 5.74) is -0.298. The summed E-state index contributed by atoms with van der Waals surface area (Å²) in [5.74, 6) is -19.8. The topological polar surface area (TPSA) is 105 Å². The molecule has 2 unspecified atom stereocenters. The molecule has 0 saturated heterocycles. The van der Waals surface area contributed by atoms with Crippen LogP contribution in [0.2, 0.25) is 0 Å². The summed E-state index contributed by atoms with van der Waals surface area (Å²) in [6.07, 6.45) is -7.39. The van der Waals surface area contributed by atoms with Gasteiger partial charge in [-0.15, -0.1) is 0 Å². The monoisotopic (exact) mass is 508 g/mol. The van der Waals surface area contributed by atoms with E-state index in [0.29, 0.717) is 0 Å². The minimum absolute atomic E-state index is 0.298. The Morgan fingerprint density at radius 3 is 1.32 bits per heavy atom. The zero-order chi connectivity index (χ0) is 26.9. The molecule has 0 radical (unpaired) electrons. The van der Waals surface area contributed by atoms with Gasteiger partial charge in [-0.25, -0.2) is 19.2 Å². The molecule has 34 heavy (non-hydrogen) atoms. The van der Waals surface area contributed by atoms with Crippen molar-refractivity contribution in [2.24, 2.45) is 0 Å². The Bertz CT molecular complexity index is 768. The average molecular weight is 508 g/mol. The second kappa shape index (κ2) is 12.6. The molecule has 8 nitrogen and oxygen atoms in total. The predicted octanol–water partition coefficient (Wildman–Crippen LogP) is 3.61. The van der Waals surface area contributed by atoms with Gasteiger partial charge in [-0.05, 0) is 6.92 Å². The van der Waals surface area contributed by atoms with Crippen LogP contribution in [0.15, 0.2) is 12.2 Å². The van der Waals surface area contributed by atoms with Crippen LogP contribution in [0.5, 0.6) is 0 Å². The van der Waals surface area contributed by atoms with Crippen molar-refractivity contribution in [3.05, 3.63) is 12.2 Å². The first-order valence-corrected chi connectivity index (χ1v) is 10.0. The van der Waals surface area contributed by atoms with Gasteiger partial charge in [0, 0.05) is 24.8 Å². The van der Waals surface area contributed by atoms with Gasteiger partial charge in [0.25, 0.3) is 0 Å². The molecular formula is C20H26F6O8. The molecule has 0 aromatic heterocycles. The number of carbonyl (C=O) groups is 4. The average Bonchev–Trinajstić information content (AvgIpc) is 2.77. The first kappa shape index (κ1) is 31.2. The molecule has 0 saturated carbocycles. The van der Waals surface area contributed by atoms with Crippen LogP contribution in [0.3, 0.4) is 0 Å². The molecule has 196 valence electrons. The van der Waals surface area contributed by atoms with Crippen LogP contribution in [0, 0.1) is 0 Å². The fourth-order valence-electron chi connectivity index (χ4n) is 1.86. The third-order valence-corrected chi connectivity index (χ3v) is 4.27. The lowest BCUT2D eigenvalue weighted by atomic mass is 10.2. The third-order valence-electron chi connectivity index (χ3n) is 4.27. The lowest BCUT2D eigenvalue weighted by Crippen LogP contribution is -2.47. The highest BCUT2D eigenvalue weighted by Gasteiger charge is 2.45. The number of carbonyl (C=O) groups excluding carboxylic acids is 4. The van der Waals surface area contributed by atoms with E-state index >= 15 is 0 Å². The first-order chi connectivity index (χ1) is 15.4. The maximum atomic E-state index is 13.7. The second-order valence-corrected chi connectivity index (χ2v) is 7.04. The first-order valence-electron chi connectivity index (χ1n) is 10.0. The Labute approximate surface area is 191 Å². The number of halogens is 6. The quantitative estimate of drug-likeness (QED) is 0.152. The van der Waals surface area contributed by atoms with E-state index in [2.05, 4.69) is 20.8 Å². The van der Waals surface area contributed by atoms with Crippen molar-refractivity contribution in [1.29, 1.82) is 0 Å². The van der Waals surface area contributed by atoms with Gasteiger partial charge in [-0.3, -0.25) is 0 Å². The van der Waals surface area contributed by atoms with Gasteiger partial charge in [0.05, 0.1) is 0 Å². The maximum Gasteiger partial charge on any atom is 0.377 e. The summed E-state index contributed by atoms with van der Waals surface area (Å²) >= 11 is 0. The van der Waals surface area contributed by atoms with Crippen molar-refractivity contribution in [2.45, 2.75) is 76.9 Å². The largest absolute Gasteiger partial charge is 0.457 e. The SMILES string of the molecule is C=C(C)C(=O)OC(COC(=O)C(F)(F)CC)C(COC(=O)C(F)(F)CC)OC(=O)C(F)(F)CC. The standard InChI is InChI=1S/C20H26F6O8/c1-6-18(21,22)15(28)31-9-12(33-14(27)11(4)5)13(34-17(30)20(25,26)8-3)10-32-16(29)19(23,24)7-2/h12-13H,4,6-10H2,1-3,5H3. The maximum absolute atomic E-state index is 13.7. The molecule has 0 aliphatic heterocycles. The minimum atomic E-state index is -4.09. The van der Waals surface area contributed by atoms with Gasteiger partial charge >= 0.3 is 41.6 Å². The number of ether oxygens (including phenoxy) is 4. The van der Waals surface area contributed by atoms with E-state index < -0.39 is 86.3 Å². The van der Waals surface area contributed by atoms with Crippen LogP contribution in [0.4, 0.5) is 26.3 Å². The van der Waals surface area contributed by atoms with E-state index in [1.807, 2.05) is 0 Å². The van der Waals surface area contributed by atoms with Crippen LogP contribution >= 0.6 is 0 Å². The van der Waals surface area contributed by atoms with E-state index in [0.717, 1.165) is 27.7 Å². The smallest absolute Gasteiger partial charge is 0.377 e. The molecule has 0 fully saturated rings. The Morgan fingerprint density at radius 1 is 0.676 bits per heavy atom.